The molecule has 0 radical (unpaired) electrons. The molecule has 2 aromatic heterocycles. The van der Waals surface area contributed by atoms with Crippen LogP contribution in [0.3, 0.4) is 0 Å². The maximum atomic E-state index is 12.2. The number of ether oxygens (including phenoxy) is 1. The molecule has 0 aliphatic carbocycles. The van der Waals surface area contributed by atoms with E-state index in [1.54, 1.807) is 56.0 Å². The first kappa shape index (κ1) is 12.2. The molecule has 5 heteroatoms. The lowest BCUT2D eigenvalue weighted by atomic mass is 10.2. The summed E-state index contributed by atoms with van der Waals surface area (Å²) in [5, 5.41) is 2.84. The number of nitrogens with zero attached hydrogens (tertiary/aromatic N) is 2. The van der Waals surface area contributed by atoms with Gasteiger partial charge < -0.3 is 14.5 Å². The molecule has 0 unspecified atom stereocenters. The smallest absolute Gasteiger partial charge is 0.255 e. The van der Waals surface area contributed by atoms with Crippen molar-refractivity contribution in [3.05, 3.63) is 60.7 Å². The van der Waals surface area contributed by atoms with Crippen LogP contribution in [0.1, 0.15) is 10.4 Å². The Hall–Kier alpha value is -2.82. The molecule has 1 aromatic carbocycles. The lowest BCUT2D eigenvalue weighted by molar-refractivity contribution is 0.102. The van der Waals surface area contributed by atoms with Gasteiger partial charge in [-0.3, -0.25) is 4.79 Å². The third-order valence-corrected chi connectivity index (χ3v) is 3.02. The number of amides is 1. The summed E-state index contributed by atoms with van der Waals surface area (Å²) in [5.74, 6) is 0.600. The third-order valence-electron chi connectivity index (χ3n) is 3.02. The molecule has 0 spiro atoms. The molecular formula is C15H13N3O2. The van der Waals surface area contributed by atoms with Crippen LogP contribution in [0.2, 0.25) is 0 Å². The van der Waals surface area contributed by atoms with Crippen LogP contribution in [-0.2, 0) is 0 Å². The van der Waals surface area contributed by atoms with E-state index in [1.165, 1.54) is 0 Å². The molecule has 1 N–H and O–H groups in total. The summed E-state index contributed by atoms with van der Waals surface area (Å²) in [6.45, 7) is 0. The lowest BCUT2D eigenvalue weighted by Gasteiger charge is -2.06. The average molecular weight is 267 g/mol. The van der Waals surface area contributed by atoms with E-state index in [4.69, 9.17) is 4.74 Å². The minimum atomic E-state index is -0.154. The molecule has 20 heavy (non-hydrogen) atoms. The minimum absolute atomic E-state index is 0.154. The number of carbonyl (C=O) groups is 1. The number of hydrogen-bond donors (Lipinski definition) is 1. The fourth-order valence-corrected chi connectivity index (χ4v) is 1.94. The Kier molecular flexibility index (Phi) is 3.09. The van der Waals surface area contributed by atoms with Crippen LogP contribution in [0, 0.1) is 0 Å². The molecule has 0 aliphatic heterocycles. The third kappa shape index (κ3) is 2.33. The molecule has 0 saturated carbocycles. The van der Waals surface area contributed by atoms with Crippen LogP contribution in [0.5, 0.6) is 5.75 Å². The highest BCUT2D eigenvalue weighted by Gasteiger charge is 2.07. The number of rotatable bonds is 3. The number of pyridine rings is 1. The van der Waals surface area contributed by atoms with E-state index in [9.17, 15) is 4.79 Å². The van der Waals surface area contributed by atoms with Gasteiger partial charge in [0.2, 0.25) is 0 Å². The molecule has 0 fully saturated rings. The van der Waals surface area contributed by atoms with Gasteiger partial charge in [0.05, 0.1) is 25.2 Å². The summed E-state index contributed by atoms with van der Waals surface area (Å²) in [6, 6.07) is 10.8. The number of benzene rings is 1. The Morgan fingerprint density at radius 1 is 1.25 bits per heavy atom. The highest BCUT2D eigenvalue weighted by atomic mass is 16.5. The van der Waals surface area contributed by atoms with Gasteiger partial charge in [-0.1, -0.05) is 0 Å². The van der Waals surface area contributed by atoms with Crippen LogP contribution in [0.25, 0.3) is 5.52 Å². The van der Waals surface area contributed by atoms with Crippen LogP contribution in [0.4, 0.5) is 5.69 Å². The van der Waals surface area contributed by atoms with Crippen LogP contribution in [0.15, 0.2) is 55.1 Å². The van der Waals surface area contributed by atoms with Crippen molar-refractivity contribution in [2.75, 3.05) is 12.4 Å². The summed E-state index contributed by atoms with van der Waals surface area (Å²) in [6.07, 6.45) is 5.22. The Bertz CT molecular complexity index is 747. The first-order valence-corrected chi connectivity index (χ1v) is 6.13. The van der Waals surface area contributed by atoms with E-state index in [-0.39, 0.29) is 5.91 Å². The van der Waals surface area contributed by atoms with Crippen molar-refractivity contribution in [2.45, 2.75) is 0 Å². The van der Waals surface area contributed by atoms with Gasteiger partial charge in [0.25, 0.3) is 5.91 Å². The van der Waals surface area contributed by atoms with E-state index in [0.29, 0.717) is 5.56 Å². The van der Waals surface area contributed by atoms with Gasteiger partial charge in [0.1, 0.15) is 5.75 Å². The minimum Gasteiger partial charge on any atom is -0.497 e. The van der Waals surface area contributed by atoms with E-state index in [2.05, 4.69) is 10.3 Å². The van der Waals surface area contributed by atoms with Crippen molar-refractivity contribution >= 4 is 17.1 Å². The number of fused-ring (bicyclic) bond motifs is 1. The van der Waals surface area contributed by atoms with Crippen molar-refractivity contribution in [1.82, 2.24) is 9.38 Å². The number of anilines is 1. The van der Waals surface area contributed by atoms with Crippen molar-refractivity contribution < 1.29 is 9.53 Å². The zero-order valence-corrected chi connectivity index (χ0v) is 10.9. The summed E-state index contributed by atoms with van der Waals surface area (Å²) in [5.41, 5.74) is 2.20. The van der Waals surface area contributed by atoms with Gasteiger partial charge in [-0.2, -0.15) is 0 Å². The second-order valence-electron chi connectivity index (χ2n) is 4.32. The van der Waals surface area contributed by atoms with Gasteiger partial charge in [-0.05, 0) is 36.4 Å². The van der Waals surface area contributed by atoms with Crippen LogP contribution >= 0.6 is 0 Å². The molecule has 0 aliphatic rings. The average Bonchev–Trinajstić information content (AvgIpc) is 2.95. The topological polar surface area (TPSA) is 55.6 Å². The molecule has 5 nitrogen and oxygen atoms in total. The zero-order chi connectivity index (χ0) is 13.9. The maximum absolute atomic E-state index is 12.2. The Labute approximate surface area is 115 Å². The molecule has 0 bridgehead atoms. The van der Waals surface area contributed by atoms with Gasteiger partial charge >= 0.3 is 0 Å². The number of hydrogen-bond acceptors (Lipinski definition) is 3. The molecule has 100 valence electrons. The van der Waals surface area contributed by atoms with Gasteiger partial charge in [0.15, 0.2) is 0 Å². The molecule has 0 atom stereocenters. The molecule has 0 saturated heterocycles. The van der Waals surface area contributed by atoms with Crippen molar-refractivity contribution in [3.63, 3.8) is 0 Å². The summed E-state index contributed by atoms with van der Waals surface area (Å²) in [4.78, 5) is 16.2. The molecule has 3 aromatic rings. The Morgan fingerprint density at radius 2 is 2.05 bits per heavy atom. The molecule has 2 heterocycles. The van der Waals surface area contributed by atoms with E-state index in [1.807, 2.05) is 10.6 Å². The predicted octanol–water partition coefficient (Wildman–Crippen LogP) is 2.60. The predicted molar refractivity (Wildman–Crippen MR) is 76.1 cm³/mol. The highest BCUT2D eigenvalue weighted by molar-refractivity contribution is 6.04. The fourth-order valence-electron chi connectivity index (χ4n) is 1.94. The highest BCUT2D eigenvalue weighted by Crippen LogP contribution is 2.16. The van der Waals surface area contributed by atoms with E-state index in [0.717, 1.165) is 17.0 Å². The molecule has 1 amide bonds. The summed E-state index contributed by atoms with van der Waals surface area (Å²) in [7, 11) is 1.61. The monoisotopic (exact) mass is 267 g/mol. The largest absolute Gasteiger partial charge is 0.497 e. The Morgan fingerprint density at radius 3 is 2.80 bits per heavy atom. The zero-order valence-electron chi connectivity index (χ0n) is 10.9. The lowest BCUT2D eigenvalue weighted by Crippen LogP contribution is -2.12. The van der Waals surface area contributed by atoms with E-state index < -0.39 is 0 Å². The molecule has 3 rings (SSSR count). The van der Waals surface area contributed by atoms with Crippen molar-refractivity contribution in [2.24, 2.45) is 0 Å². The number of aromatic nitrogens is 2. The normalized spacial score (nSPS) is 10.4. The number of imidazole rings is 1. The standard InChI is InChI=1S/C15H13N3O2/c1-20-14-4-2-12(3-5-14)17-15(19)11-6-7-18-10-16-9-13(18)8-11/h2-10H,1H3,(H,17,19). The van der Waals surface area contributed by atoms with E-state index >= 15 is 0 Å². The number of carbonyl (C=O) groups excluding carboxylic acids is 1. The maximum Gasteiger partial charge on any atom is 0.255 e. The van der Waals surface area contributed by atoms with Crippen molar-refractivity contribution in [1.29, 1.82) is 0 Å². The first-order valence-electron chi connectivity index (χ1n) is 6.13. The Balaban J connectivity index is 1.80. The quantitative estimate of drug-likeness (QED) is 0.793. The summed E-state index contributed by atoms with van der Waals surface area (Å²) >= 11 is 0. The van der Waals surface area contributed by atoms with Crippen molar-refractivity contribution in [3.8, 4) is 5.75 Å². The number of nitrogens with one attached hydrogen (secondary N) is 1. The number of methoxy groups -OCH3 is 1. The van der Waals surface area contributed by atoms with Gasteiger partial charge in [-0.25, -0.2) is 4.98 Å². The fraction of sp³-hybridized carbons (Fsp3) is 0.0667. The second kappa shape index (κ2) is 5.05. The van der Waals surface area contributed by atoms with Gasteiger partial charge in [-0.15, -0.1) is 0 Å². The first-order chi connectivity index (χ1) is 9.76. The van der Waals surface area contributed by atoms with Crippen LogP contribution in [-0.4, -0.2) is 22.4 Å². The summed E-state index contributed by atoms with van der Waals surface area (Å²) < 4.78 is 6.93. The molecular weight excluding hydrogens is 254 g/mol. The van der Waals surface area contributed by atoms with Gasteiger partial charge in [0, 0.05) is 17.4 Å². The second-order valence-corrected chi connectivity index (χ2v) is 4.32. The SMILES string of the molecule is COc1ccc(NC(=O)c2ccn3cncc3c2)cc1. The van der Waals surface area contributed by atoms with Crippen LogP contribution < -0.4 is 10.1 Å².